The Morgan fingerprint density at radius 2 is 0.750 bits per heavy atom. The number of nitrogens with zero attached hydrogens (tertiary/aromatic N) is 1. The van der Waals surface area contributed by atoms with E-state index in [9.17, 15) is 19.4 Å². The molecular formula is C71H134N2O6P+. The molecule has 0 aromatic carbocycles. The van der Waals surface area contributed by atoms with Crippen LogP contribution in [0.15, 0.2) is 72.9 Å². The maximum Gasteiger partial charge on any atom is 0.472 e. The summed E-state index contributed by atoms with van der Waals surface area (Å²) >= 11 is 0. The third kappa shape index (κ3) is 63.5. The molecule has 3 unspecified atom stereocenters. The molecule has 0 aliphatic rings. The normalized spacial score (nSPS) is 14.1. The number of allylic oxidation sites excluding steroid dienone is 11. The molecule has 0 aromatic rings. The maximum absolute atomic E-state index is 13.1. The summed E-state index contributed by atoms with van der Waals surface area (Å²) in [6.07, 6.45) is 86.1. The first-order chi connectivity index (χ1) is 39.0. The van der Waals surface area contributed by atoms with Crippen molar-refractivity contribution in [1.82, 2.24) is 5.32 Å². The summed E-state index contributed by atoms with van der Waals surface area (Å²) in [5, 5.41) is 14.0. The molecular weight excluding hydrogens is 1010 g/mol. The Morgan fingerprint density at radius 1 is 0.438 bits per heavy atom. The number of phosphoric acid groups is 1. The largest absolute Gasteiger partial charge is 0.472 e. The average Bonchev–Trinajstić information content (AvgIpc) is 3.42. The standard InChI is InChI=1S/C71H133N2O6P/c1-6-8-10-12-14-16-18-20-22-24-26-28-30-32-33-34-35-36-37-38-39-41-43-45-47-49-51-53-55-57-59-61-63-65-71(75)72-69(68-79-80(76,77)78-67-66-73(3,4)5)70(74)64-62-60-58-56-54-52-50-48-46-44-42-40-31-29-27-25-23-21-19-17-15-13-11-9-7-2/h8,10,14,16,20,22,26,28,32-33,62,64,69-70,74H,6-7,9,11-13,15,17-19,21,23-25,27,29-31,34-61,63,65-68H2,1-5H3,(H-,72,75,76,77)/p+1/b10-8-,16-14-,22-20-,28-26-,33-32-,64-62+. The zero-order valence-corrected chi connectivity index (χ0v) is 54.5. The van der Waals surface area contributed by atoms with E-state index in [1.54, 1.807) is 6.08 Å². The summed E-state index contributed by atoms with van der Waals surface area (Å²) in [5.41, 5.74) is 0. The van der Waals surface area contributed by atoms with E-state index in [0.717, 1.165) is 70.6 Å². The van der Waals surface area contributed by atoms with Gasteiger partial charge in [-0.05, 0) is 64.2 Å². The average molecular weight is 1140 g/mol. The molecule has 0 fully saturated rings. The van der Waals surface area contributed by atoms with Gasteiger partial charge in [0, 0.05) is 6.42 Å². The van der Waals surface area contributed by atoms with Gasteiger partial charge >= 0.3 is 7.82 Å². The van der Waals surface area contributed by atoms with Crippen LogP contribution in [0.1, 0.15) is 322 Å². The van der Waals surface area contributed by atoms with Gasteiger partial charge < -0.3 is 19.8 Å². The summed E-state index contributed by atoms with van der Waals surface area (Å²) in [5.74, 6) is -0.173. The van der Waals surface area contributed by atoms with Crippen molar-refractivity contribution in [2.45, 2.75) is 334 Å². The predicted octanol–water partition coefficient (Wildman–Crippen LogP) is 21.8. The number of aliphatic hydroxyl groups is 1. The molecule has 9 heteroatoms. The molecule has 0 saturated carbocycles. The fourth-order valence-corrected chi connectivity index (χ4v) is 10.9. The molecule has 468 valence electrons. The minimum Gasteiger partial charge on any atom is -0.387 e. The highest BCUT2D eigenvalue weighted by molar-refractivity contribution is 7.47. The van der Waals surface area contributed by atoms with Gasteiger partial charge in [-0.25, -0.2) is 4.57 Å². The molecule has 0 aromatic heterocycles. The molecule has 0 radical (unpaired) electrons. The first-order valence-corrected chi connectivity index (χ1v) is 35.8. The number of quaternary nitrogens is 1. The van der Waals surface area contributed by atoms with Crippen molar-refractivity contribution in [2.75, 3.05) is 40.9 Å². The van der Waals surface area contributed by atoms with Crippen LogP contribution in [-0.4, -0.2) is 73.4 Å². The molecule has 0 heterocycles. The van der Waals surface area contributed by atoms with Crippen LogP contribution in [0.5, 0.6) is 0 Å². The number of unbranched alkanes of at least 4 members (excludes halogenated alkanes) is 40. The molecule has 0 saturated heterocycles. The van der Waals surface area contributed by atoms with Crippen molar-refractivity contribution < 1.29 is 32.9 Å². The van der Waals surface area contributed by atoms with Crippen molar-refractivity contribution in [3.8, 4) is 0 Å². The fraction of sp³-hybridized carbons (Fsp3) is 0.817. The first kappa shape index (κ1) is 77.9. The minimum atomic E-state index is -4.35. The minimum absolute atomic E-state index is 0.0611. The van der Waals surface area contributed by atoms with E-state index < -0.39 is 20.0 Å². The van der Waals surface area contributed by atoms with Gasteiger partial charge in [-0.3, -0.25) is 13.8 Å². The number of amides is 1. The molecule has 0 aliphatic heterocycles. The number of carbonyl (C=O) groups excluding carboxylic acids is 1. The molecule has 0 spiro atoms. The van der Waals surface area contributed by atoms with Gasteiger partial charge in [0.15, 0.2) is 0 Å². The van der Waals surface area contributed by atoms with Gasteiger partial charge in [0.2, 0.25) is 5.91 Å². The second-order valence-corrected chi connectivity index (χ2v) is 26.0. The molecule has 0 rings (SSSR count). The monoisotopic (exact) mass is 1140 g/mol. The number of carbonyl (C=O) groups is 1. The Morgan fingerprint density at radius 3 is 1.10 bits per heavy atom. The van der Waals surface area contributed by atoms with Gasteiger partial charge in [0.1, 0.15) is 13.2 Å². The smallest absolute Gasteiger partial charge is 0.387 e. The van der Waals surface area contributed by atoms with Crippen LogP contribution in [0.3, 0.4) is 0 Å². The third-order valence-corrected chi connectivity index (χ3v) is 16.4. The molecule has 0 bridgehead atoms. The number of hydrogen-bond donors (Lipinski definition) is 3. The molecule has 8 nitrogen and oxygen atoms in total. The number of nitrogens with one attached hydrogen (secondary N) is 1. The summed E-state index contributed by atoms with van der Waals surface area (Å²) in [6, 6.07) is -0.850. The predicted molar refractivity (Wildman–Crippen MR) is 350 cm³/mol. The van der Waals surface area contributed by atoms with E-state index in [2.05, 4.69) is 79.9 Å². The Bertz CT molecular complexity index is 1530. The lowest BCUT2D eigenvalue weighted by atomic mass is 10.0. The van der Waals surface area contributed by atoms with E-state index in [0.29, 0.717) is 17.4 Å². The van der Waals surface area contributed by atoms with Crippen LogP contribution in [-0.2, 0) is 18.4 Å². The van der Waals surface area contributed by atoms with Crippen molar-refractivity contribution >= 4 is 13.7 Å². The second kappa shape index (κ2) is 61.5. The Labute approximate surface area is 497 Å². The quantitative estimate of drug-likeness (QED) is 0.0243. The lowest BCUT2D eigenvalue weighted by molar-refractivity contribution is -0.870. The number of hydrogen-bond acceptors (Lipinski definition) is 5. The van der Waals surface area contributed by atoms with Crippen molar-refractivity contribution in [1.29, 1.82) is 0 Å². The summed E-state index contributed by atoms with van der Waals surface area (Å²) in [6.45, 7) is 4.74. The highest BCUT2D eigenvalue weighted by Gasteiger charge is 2.28. The van der Waals surface area contributed by atoms with Crippen LogP contribution in [0, 0.1) is 0 Å². The number of phosphoric ester groups is 1. The summed E-state index contributed by atoms with van der Waals surface area (Å²) in [4.78, 5) is 23.4. The molecule has 80 heavy (non-hydrogen) atoms. The van der Waals surface area contributed by atoms with Crippen LogP contribution in [0.4, 0.5) is 0 Å². The molecule has 3 N–H and O–H groups in total. The zero-order chi connectivity index (χ0) is 58.4. The highest BCUT2D eigenvalue weighted by atomic mass is 31.2. The summed E-state index contributed by atoms with van der Waals surface area (Å²) < 4.78 is 23.8. The van der Waals surface area contributed by atoms with Crippen LogP contribution in [0.25, 0.3) is 0 Å². The van der Waals surface area contributed by atoms with Gasteiger partial charge in [-0.1, -0.05) is 324 Å². The van der Waals surface area contributed by atoms with Gasteiger partial charge in [-0.15, -0.1) is 0 Å². The SMILES string of the molecule is CC/C=C\C/C=C\C/C=C\C/C=C\C/C=C\CCCCCCCCCCCCCCCCCCCC(=O)NC(COP(=O)(O)OCC[N+](C)(C)C)C(O)/C=C/CCCCCCCCCCCCCCCCCCCCCCCCC. The maximum atomic E-state index is 13.1. The number of likely N-dealkylation sites (N-methyl/N-ethyl adjacent to an activating group) is 1. The van der Waals surface area contributed by atoms with Crippen LogP contribution >= 0.6 is 7.82 Å². The zero-order valence-electron chi connectivity index (χ0n) is 53.6. The van der Waals surface area contributed by atoms with E-state index in [4.69, 9.17) is 9.05 Å². The lowest BCUT2D eigenvalue weighted by Gasteiger charge is -2.25. The Balaban J connectivity index is 4.07. The third-order valence-electron chi connectivity index (χ3n) is 15.4. The van der Waals surface area contributed by atoms with Crippen molar-refractivity contribution in [3.05, 3.63) is 72.9 Å². The lowest BCUT2D eigenvalue weighted by Crippen LogP contribution is -2.45. The van der Waals surface area contributed by atoms with Crippen LogP contribution < -0.4 is 5.32 Å². The number of rotatable bonds is 63. The van der Waals surface area contributed by atoms with Gasteiger partial charge in [-0.2, -0.15) is 0 Å². The molecule has 0 aliphatic carbocycles. The number of aliphatic hydroxyl groups excluding tert-OH is 1. The first-order valence-electron chi connectivity index (χ1n) is 34.3. The topological polar surface area (TPSA) is 105 Å². The Hall–Kier alpha value is -2.06. The Kier molecular flexibility index (Phi) is 59.9. The van der Waals surface area contributed by atoms with E-state index in [1.807, 2.05) is 27.2 Å². The van der Waals surface area contributed by atoms with Gasteiger partial charge in [0.05, 0.1) is 39.9 Å². The fourth-order valence-electron chi connectivity index (χ4n) is 10.1. The molecule has 3 atom stereocenters. The van der Waals surface area contributed by atoms with E-state index in [1.165, 1.54) is 231 Å². The molecule has 1 amide bonds. The summed E-state index contributed by atoms with van der Waals surface area (Å²) in [7, 11) is 1.58. The van der Waals surface area contributed by atoms with E-state index in [-0.39, 0.29) is 19.1 Å². The van der Waals surface area contributed by atoms with Crippen molar-refractivity contribution in [2.24, 2.45) is 0 Å². The van der Waals surface area contributed by atoms with Crippen molar-refractivity contribution in [3.63, 3.8) is 0 Å². The van der Waals surface area contributed by atoms with Crippen LogP contribution in [0.2, 0.25) is 0 Å². The second-order valence-electron chi connectivity index (χ2n) is 24.5. The van der Waals surface area contributed by atoms with E-state index >= 15 is 0 Å². The highest BCUT2D eigenvalue weighted by Crippen LogP contribution is 2.43. The van der Waals surface area contributed by atoms with Gasteiger partial charge in [0.25, 0.3) is 0 Å².